The van der Waals surface area contributed by atoms with E-state index in [-0.39, 0.29) is 12.0 Å². The fraction of sp³-hybridized carbons (Fsp3) is 0.500. The number of rotatable bonds is 3. The topological polar surface area (TPSA) is 104 Å². The predicted molar refractivity (Wildman–Crippen MR) is 100 cm³/mol. The Morgan fingerprint density at radius 1 is 1.32 bits per heavy atom. The van der Waals surface area contributed by atoms with Crippen molar-refractivity contribution in [3.05, 3.63) is 40.4 Å². The third-order valence-corrected chi connectivity index (χ3v) is 5.67. The molecule has 3 heterocycles. The zero-order chi connectivity index (χ0) is 19.8. The van der Waals surface area contributed by atoms with Crippen LogP contribution in [0, 0.1) is 5.82 Å². The molecule has 28 heavy (non-hydrogen) atoms. The number of piperidine rings is 1. The van der Waals surface area contributed by atoms with Crippen molar-refractivity contribution < 1.29 is 19.4 Å². The number of aliphatic hydroxyl groups is 1. The molecule has 0 spiro atoms. The van der Waals surface area contributed by atoms with Crippen LogP contribution in [0.4, 0.5) is 15.1 Å². The Bertz CT molecular complexity index is 884. The van der Waals surface area contributed by atoms with Gasteiger partial charge in [-0.3, -0.25) is 0 Å². The van der Waals surface area contributed by atoms with Crippen LogP contribution in [0.25, 0.3) is 0 Å². The van der Waals surface area contributed by atoms with Gasteiger partial charge in [-0.15, -0.1) is 5.10 Å². The molecule has 1 fully saturated rings. The van der Waals surface area contributed by atoms with Crippen LogP contribution in [0.5, 0.6) is 0 Å². The number of likely N-dealkylation sites (tertiary alicyclic amines) is 1. The van der Waals surface area contributed by atoms with Crippen LogP contribution in [0.3, 0.4) is 0 Å². The van der Waals surface area contributed by atoms with Crippen molar-refractivity contribution in [2.24, 2.45) is 0 Å². The highest BCUT2D eigenvalue weighted by Gasteiger charge is 2.32. The van der Waals surface area contributed by atoms with Gasteiger partial charge in [0.1, 0.15) is 11.6 Å². The van der Waals surface area contributed by atoms with E-state index in [2.05, 4.69) is 15.4 Å². The van der Waals surface area contributed by atoms with Gasteiger partial charge in [0.25, 0.3) is 0 Å². The van der Waals surface area contributed by atoms with Gasteiger partial charge >= 0.3 is 6.09 Å². The van der Waals surface area contributed by atoms with Crippen molar-refractivity contribution in [3.8, 4) is 0 Å². The molecule has 2 atom stereocenters. The van der Waals surface area contributed by atoms with Crippen LogP contribution < -0.4 is 5.32 Å². The highest BCUT2D eigenvalue weighted by Crippen LogP contribution is 2.36. The molecule has 150 valence electrons. The molecule has 1 aromatic carbocycles. The first-order chi connectivity index (χ1) is 13.4. The number of hydrogen-bond donors (Lipinski definition) is 3. The van der Waals surface area contributed by atoms with Gasteiger partial charge in [-0.05, 0) is 37.0 Å². The third-order valence-electron chi connectivity index (χ3n) is 5.34. The molecule has 0 saturated carbocycles. The van der Waals surface area contributed by atoms with Crippen LogP contribution in [0.15, 0.2) is 18.2 Å². The molecule has 8 nitrogen and oxygen atoms in total. The third kappa shape index (κ3) is 3.77. The number of halogens is 2. The molecule has 4 rings (SSSR count). The lowest BCUT2D eigenvalue weighted by molar-refractivity contribution is 0.117. The summed E-state index contributed by atoms with van der Waals surface area (Å²) in [7, 11) is 0. The van der Waals surface area contributed by atoms with Crippen LogP contribution in [-0.4, -0.2) is 61.2 Å². The molecule has 1 aromatic heterocycles. The number of carboxylic acid groups (broad SMARTS) is 1. The first-order valence-electron chi connectivity index (χ1n) is 9.23. The van der Waals surface area contributed by atoms with E-state index in [0.717, 1.165) is 0 Å². The number of amides is 1. The Hall–Kier alpha value is -2.39. The van der Waals surface area contributed by atoms with E-state index in [1.54, 1.807) is 10.7 Å². The Labute approximate surface area is 165 Å². The number of anilines is 1. The van der Waals surface area contributed by atoms with Crippen LogP contribution in [-0.2, 0) is 6.54 Å². The summed E-state index contributed by atoms with van der Waals surface area (Å²) >= 11 is 6.23. The van der Waals surface area contributed by atoms with Crippen molar-refractivity contribution in [3.63, 3.8) is 0 Å². The van der Waals surface area contributed by atoms with Crippen molar-refractivity contribution >= 4 is 23.6 Å². The minimum atomic E-state index is -0.901. The van der Waals surface area contributed by atoms with E-state index in [0.29, 0.717) is 61.3 Å². The Balaban J connectivity index is 1.54. The molecule has 2 aliphatic rings. The highest BCUT2D eigenvalue weighted by molar-refractivity contribution is 6.31. The number of aromatic nitrogens is 3. The number of nitrogens with zero attached hydrogens (tertiary/aromatic N) is 4. The lowest BCUT2D eigenvalue weighted by Gasteiger charge is -2.30. The molecule has 1 saturated heterocycles. The normalized spacial score (nSPS) is 22.8. The maximum absolute atomic E-state index is 13.4. The van der Waals surface area contributed by atoms with Gasteiger partial charge in [0.2, 0.25) is 5.95 Å². The standard InChI is InChI=1S/C18H21ClFN5O3/c19-15-7-10(20)1-2-13(15)14-8-12(26)9-25-16(14)22-17(23-25)21-11-3-5-24(6-4-11)18(27)28/h1-2,7,11-12,14,26H,3-6,8-9H2,(H,21,23)(H,27,28). The fourth-order valence-electron chi connectivity index (χ4n) is 3.91. The van der Waals surface area contributed by atoms with Gasteiger partial charge in [0.05, 0.1) is 12.6 Å². The molecule has 2 aromatic rings. The number of carbonyl (C=O) groups is 1. The molecule has 2 unspecified atom stereocenters. The van der Waals surface area contributed by atoms with E-state index in [4.69, 9.17) is 16.7 Å². The van der Waals surface area contributed by atoms with Crippen LogP contribution >= 0.6 is 11.6 Å². The summed E-state index contributed by atoms with van der Waals surface area (Å²) in [5, 5.41) is 27.3. The lowest BCUT2D eigenvalue weighted by atomic mass is 9.90. The van der Waals surface area contributed by atoms with Crippen LogP contribution in [0.1, 0.15) is 36.6 Å². The monoisotopic (exact) mass is 409 g/mol. The van der Waals surface area contributed by atoms with Crippen molar-refractivity contribution in [1.82, 2.24) is 19.7 Å². The minimum Gasteiger partial charge on any atom is -0.465 e. The lowest BCUT2D eigenvalue weighted by Crippen LogP contribution is -2.41. The van der Waals surface area contributed by atoms with Crippen LogP contribution in [0.2, 0.25) is 5.02 Å². The van der Waals surface area contributed by atoms with Crippen molar-refractivity contribution in [2.45, 2.75) is 43.9 Å². The zero-order valence-electron chi connectivity index (χ0n) is 15.1. The molecule has 10 heteroatoms. The molecule has 0 bridgehead atoms. The number of benzene rings is 1. The first kappa shape index (κ1) is 18.9. The second-order valence-electron chi connectivity index (χ2n) is 7.27. The summed E-state index contributed by atoms with van der Waals surface area (Å²) in [5.41, 5.74) is 0.705. The fourth-order valence-corrected chi connectivity index (χ4v) is 4.21. The predicted octanol–water partition coefficient (Wildman–Crippen LogP) is 2.52. The van der Waals surface area contributed by atoms with Gasteiger partial charge in [-0.2, -0.15) is 4.98 Å². The van der Waals surface area contributed by atoms with Gasteiger partial charge in [-0.25, -0.2) is 13.9 Å². The molecule has 3 N–H and O–H groups in total. The highest BCUT2D eigenvalue weighted by atomic mass is 35.5. The summed E-state index contributed by atoms with van der Waals surface area (Å²) < 4.78 is 15.1. The molecule has 2 aliphatic heterocycles. The summed E-state index contributed by atoms with van der Waals surface area (Å²) in [4.78, 5) is 17.0. The summed E-state index contributed by atoms with van der Waals surface area (Å²) in [5.74, 6) is 0.417. The Morgan fingerprint density at radius 2 is 2.07 bits per heavy atom. The first-order valence-corrected chi connectivity index (χ1v) is 9.60. The smallest absolute Gasteiger partial charge is 0.407 e. The second kappa shape index (κ2) is 7.56. The van der Waals surface area contributed by atoms with E-state index in [1.165, 1.54) is 17.0 Å². The summed E-state index contributed by atoms with van der Waals surface area (Å²) in [6.07, 6.45) is 0.271. The maximum atomic E-state index is 13.4. The largest absolute Gasteiger partial charge is 0.465 e. The van der Waals surface area contributed by atoms with Gasteiger partial charge in [0.15, 0.2) is 0 Å². The van der Waals surface area contributed by atoms with E-state index < -0.39 is 18.0 Å². The molecule has 0 radical (unpaired) electrons. The van der Waals surface area contributed by atoms with Gasteiger partial charge < -0.3 is 20.4 Å². The van der Waals surface area contributed by atoms with Crippen molar-refractivity contribution in [2.75, 3.05) is 18.4 Å². The maximum Gasteiger partial charge on any atom is 0.407 e. The molecular weight excluding hydrogens is 389 g/mol. The number of nitrogens with one attached hydrogen (secondary N) is 1. The molecule has 1 amide bonds. The quantitative estimate of drug-likeness (QED) is 0.719. The van der Waals surface area contributed by atoms with Crippen molar-refractivity contribution in [1.29, 1.82) is 0 Å². The zero-order valence-corrected chi connectivity index (χ0v) is 15.8. The molecule has 0 aliphatic carbocycles. The molecular formula is C18H21ClFN5O3. The Kier molecular flexibility index (Phi) is 5.11. The summed E-state index contributed by atoms with van der Waals surface area (Å²) in [6, 6.07) is 4.30. The minimum absolute atomic E-state index is 0.0813. The average molecular weight is 410 g/mol. The van der Waals surface area contributed by atoms with E-state index in [9.17, 15) is 14.3 Å². The van der Waals surface area contributed by atoms with E-state index >= 15 is 0 Å². The van der Waals surface area contributed by atoms with E-state index in [1.807, 2.05) is 0 Å². The van der Waals surface area contributed by atoms with Gasteiger partial charge in [0, 0.05) is 30.1 Å². The average Bonchev–Trinajstić information content (AvgIpc) is 3.03. The number of hydrogen-bond acceptors (Lipinski definition) is 5. The second-order valence-corrected chi connectivity index (χ2v) is 7.68. The summed E-state index contributed by atoms with van der Waals surface area (Å²) in [6.45, 7) is 1.26. The number of fused-ring (bicyclic) bond motifs is 1. The SMILES string of the molecule is O=C(O)N1CCC(Nc2nc3n(n2)CC(O)CC3c2ccc(F)cc2Cl)CC1. The Morgan fingerprint density at radius 3 is 2.75 bits per heavy atom. The van der Waals surface area contributed by atoms with Gasteiger partial charge in [-0.1, -0.05) is 17.7 Å². The number of aliphatic hydroxyl groups excluding tert-OH is 1.